The van der Waals surface area contributed by atoms with E-state index in [1.807, 2.05) is 60.7 Å². The molecule has 0 aliphatic heterocycles. The predicted octanol–water partition coefficient (Wildman–Crippen LogP) is 3.19. The summed E-state index contributed by atoms with van der Waals surface area (Å²) < 4.78 is 15.3. The van der Waals surface area contributed by atoms with Crippen LogP contribution in [0, 0.1) is 0 Å². The van der Waals surface area contributed by atoms with Crippen LogP contribution < -0.4 is 0 Å². The molecule has 2 aromatic rings. The second kappa shape index (κ2) is 5.85. The fraction of sp³-hybridized carbons (Fsp3) is 0. The maximum atomic E-state index is 10.8. The normalized spacial score (nSPS) is 10.8. The average Bonchev–Trinajstić information content (AvgIpc) is 2.40. The zero-order valence-corrected chi connectivity index (χ0v) is 10.9. The number of hydrogen-bond acceptors (Lipinski definition) is 2. The first-order valence-electron chi connectivity index (χ1n) is 5.61. The lowest BCUT2D eigenvalue weighted by molar-refractivity contribution is 0.259. The minimum atomic E-state index is -4.54. The van der Waals surface area contributed by atoms with E-state index in [0.717, 1.165) is 17.4 Å². The lowest BCUT2D eigenvalue weighted by Crippen LogP contribution is -1.89. The molecule has 2 rings (SSSR count). The van der Waals surface area contributed by atoms with Gasteiger partial charge in [0, 0.05) is 5.57 Å². The molecule has 2 N–H and O–H groups in total. The molecule has 0 amide bonds. The summed E-state index contributed by atoms with van der Waals surface area (Å²) >= 11 is 0. The van der Waals surface area contributed by atoms with Crippen LogP contribution in [0.4, 0.5) is 0 Å². The molecule has 5 heteroatoms. The zero-order chi connectivity index (χ0) is 13.7. The molecule has 0 radical (unpaired) electrons. The number of phosphoric acid groups is 1. The summed E-state index contributed by atoms with van der Waals surface area (Å²) in [6, 6.07) is 18.5. The number of hydrogen-bond donors (Lipinski definition) is 2. The Bertz CT molecular complexity index is 560. The van der Waals surface area contributed by atoms with Crippen LogP contribution in [0.25, 0.3) is 5.57 Å². The minimum Gasteiger partial charge on any atom is -0.412 e. The first-order chi connectivity index (χ1) is 9.06. The quantitative estimate of drug-likeness (QED) is 0.664. The van der Waals surface area contributed by atoms with Gasteiger partial charge in [0.1, 0.15) is 6.26 Å². The molecule has 0 fully saturated rings. The molecule has 0 saturated heterocycles. The van der Waals surface area contributed by atoms with E-state index in [4.69, 9.17) is 9.79 Å². The molecule has 0 unspecified atom stereocenters. The van der Waals surface area contributed by atoms with Crippen molar-refractivity contribution in [2.45, 2.75) is 0 Å². The van der Waals surface area contributed by atoms with E-state index in [1.165, 1.54) is 0 Å². The molecule has 98 valence electrons. The first kappa shape index (κ1) is 13.6. The van der Waals surface area contributed by atoms with Crippen LogP contribution in [0.5, 0.6) is 0 Å². The van der Waals surface area contributed by atoms with Gasteiger partial charge in [-0.05, 0) is 11.1 Å². The molecule has 0 aliphatic carbocycles. The highest BCUT2D eigenvalue weighted by atomic mass is 31.2. The van der Waals surface area contributed by atoms with Crippen LogP contribution >= 0.6 is 7.82 Å². The van der Waals surface area contributed by atoms with Crippen molar-refractivity contribution in [2.24, 2.45) is 0 Å². The fourth-order valence-electron chi connectivity index (χ4n) is 1.66. The smallest absolute Gasteiger partial charge is 0.412 e. The summed E-state index contributed by atoms with van der Waals surface area (Å²) in [6.45, 7) is 0. The van der Waals surface area contributed by atoms with E-state index >= 15 is 0 Å². The predicted molar refractivity (Wildman–Crippen MR) is 73.1 cm³/mol. The highest BCUT2D eigenvalue weighted by Gasteiger charge is 2.14. The second-order valence-corrected chi connectivity index (χ2v) is 5.05. The SMILES string of the molecule is O=P(O)(O)OC=C(c1ccccc1)c1ccccc1. The highest BCUT2D eigenvalue weighted by Crippen LogP contribution is 2.38. The van der Waals surface area contributed by atoms with Gasteiger partial charge >= 0.3 is 7.82 Å². The molecule has 19 heavy (non-hydrogen) atoms. The Labute approximate surface area is 111 Å². The maximum Gasteiger partial charge on any atom is 0.524 e. The van der Waals surface area contributed by atoms with Gasteiger partial charge in [-0.3, -0.25) is 9.79 Å². The van der Waals surface area contributed by atoms with Gasteiger partial charge in [-0.25, -0.2) is 4.57 Å². The monoisotopic (exact) mass is 276 g/mol. The van der Waals surface area contributed by atoms with Crippen LogP contribution in [0.2, 0.25) is 0 Å². The maximum absolute atomic E-state index is 10.8. The van der Waals surface area contributed by atoms with Gasteiger partial charge in [-0.15, -0.1) is 0 Å². The molecular weight excluding hydrogens is 263 g/mol. The zero-order valence-electron chi connectivity index (χ0n) is 10.0. The van der Waals surface area contributed by atoms with Crippen molar-refractivity contribution in [3.63, 3.8) is 0 Å². The van der Waals surface area contributed by atoms with Gasteiger partial charge in [0.05, 0.1) is 0 Å². The summed E-state index contributed by atoms with van der Waals surface area (Å²) in [5, 5.41) is 0. The molecule has 0 bridgehead atoms. The molecule has 0 heterocycles. The average molecular weight is 276 g/mol. The Morgan fingerprint density at radius 3 is 1.68 bits per heavy atom. The van der Waals surface area contributed by atoms with E-state index in [0.29, 0.717) is 5.57 Å². The Kier molecular flexibility index (Phi) is 4.17. The van der Waals surface area contributed by atoms with Crippen LogP contribution in [-0.2, 0) is 9.09 Å². The van der Waals surface area contributed by atoms with Crippen molar-refractivity contribution >= 4 is 13.4 Å². The summed E-state index contributed by atoms with van der Waals surface area (Å²) in [7, 11) is -4.54. The third-order valence-corrected chi connectivity index (χ3v) is 2.86. The Hall–Kier alpha value is -1.87. The molecule has 0 atom stereocenters. The molecule has 0 saturated carbocycles. The van der Waals surface area contributed by atoms with Gasteiger partial charge in [0.15, 0.2) is 0 Å². The lowest BCUT2D eigenvalue weighted by atomic mass is 9.99. The third kappa shape index (κ3) is 4.07. The number of benzene rings is 2. The van der Waals surface area contributed by atoms with Crippen molar-refractivity contribution in [1.29, 1.82) is 0 Å². The van der Waals surface area contributed by atoms with Crippen LogP contribution in [0.3, 0.4) is 0 Å². The van der Waals surface area contributed by atoms with Crippen molar-refractivity contribution in [2.75, 3.05) is 0 Å². The summed E-state index contributed by atoms with van der Waals surface area (Å²) in [6.07, 6.45) is 1.10. The second-order valence-electron chi connectivity index (χ2n) is 3.86. The molecule has 4 nitrogen and oxygen atoms in total. The van der Waals surface area contributed by atoms with Gasteiger partial charge in [0.25, 0.3) is 0 Å². The molecule has 0 aromatic heterocycles. The van der Waals surface area contributed by atoms with Gasteiger partial charge < -0.3 is 4.52 Å². The van der Waals surface area contributed by atoms with E-state index < -0.39 is 7.82 Å². The molecule has 2 aromatic carbocycles. The van der Waals surface area contributed by atoms with Gasteiger partial charge in [-0.2, -0.15) is 0 Å². The van der Waals surface area contributed by atoms with Crippen LogP contribution in [-0.4, -0.2) is 9.79 Å². The largest absolute Gasteiger partial charge is 0.524 e. The fourth-order valence-corrected chi connectivity index (χ4v) is 1.90. The van der Waals surface area contributed by atoms with E-state index in [2.05, 4.69) is 4.52 Å². The highest BCUT2D eigenvalue weighted by molar-refractivity contribution is 7.46. The molecular formula is C14H13O4P. The third-order valence-electron chi connectivity index (χ3n) is 2.48. The van der Waals surface area contributed by atoms with Crippen molar-refractivity contribution in [1.82, 2.24) is 0 Å². The van der Waals surface area contributed by atoms with E-state index in [-0.39, 0.29) is 0 Å². The van der Waals surface area contributed by atoms with Crippen molar-refractivity contribution < 1.29 is 18.9 Å². The Balaban J connectivity index is 2.43. The standard InChI is InChI=1S/C14H13O4P/c15-19(16,17)18-11-14(12-7-3-1-4-8-12)13-9-5-2-6-10-13/h1-11H,(H2,15,16,17). The number of rotatable bonds is 4. The van der Waals surface area contributed by atoms with E-state index in [9.17, 15) is 4.57 Å². The van der Waals surface area contributed by atoms with E-state index in [1.54, 1.807) is 0 Å². The number of phosphoric ester groups is 1. The van der Waals surface area contributed by atoms with Gasteiger partial charge in [0.2, 0.25) is 0 Å². The van der Waals surface area contributed by atoms with Crippen molar-refractivity contribution in [3.8, 4) is 0 Å². The Morgan fingerprint density at radius 1 is 0.895 bits per heavy atom. The molecule has 0 aliphatic rings. The first-order valence-corrected chi connectivity index (χ1v) is 7.14. The lowest BCUT2D eigenvalue weighted by Gasteiger charge is -2.09. The van der Waals surface area contributed by atoms with Gasteiger partial charge in [-0.1, -0.05) is 60.7 Å². The van der Waals surface area contributed by atoms with Crippen LogP contribution in [0.1, 0.15) is 11.1 Å². The van der Waals surface area contributed by atoms with Crippen LogP contribution in [0.15, 0.2) is 66.9 Å². The minimum absolute atomic E-state index is 0.615. The van der Waals surface area contributed by atoms with Crippen molar-refractivity contribution in [3.05, 3.63) is 78.1 Å². The Morgan fingerprint density at radius 2 is 1.32 bits per heavy atom. The topological polar surface area (TPSA) is 66.8 Å². The molecule has 0 spiro atoms. The summed E-state index contributed by atoms with van der Waals surface area (Å²) in [5.74, 6) is 0. The summed E-state index contributed by atoms with van der Waals surface area (Å²) in [5.41, 5.74) is 2.26. The summed E-state index contributed by atoms with van der Waals surface area (Å²) in [4.78, 5) is 17.6.